The molecule has 0 N–H and O–H groups in total. The number of rotatable bonds is 6. The van der Waals surface area contributed by atoms with Gasteiger partial charge in [-0.05, 0) is 34.9 Å². The number of halogens is 2. The van der Waals surface area contributed by atoms with Crippen LogP contribution in [0.1, 0.15) is 28.0 Å². The third-order valence-electron chi connectivity index (χ3n) is 5.69. The van der Waals surface area contributed by atoms with Gasteiger partial charge in [-0.3, -0.25) is 4.90 Å². The Kier molecular flexibility index (Phi) is 6.21. The van der Waals surface area contributed by atoms with Crippen molar-refractivity contribution in [3.05, 3.63) is 106 Å². The van der Waals surface area contributed by atoms with E-state index in [9.17, 15) is 8.42 Å². The van der Waals surface area contributed by atoms with Crippen molar-refractivity contribution in [1.29, 1.82) is 0 Å². The average Bonchev–Trinajstić information content (AvgIpc) is 2.69. The lowest BCUT2D eigenvalue weighted by Crippen LogP contribution is -2.52. The third kappa shape index (κ3) is 4.42. The SMILES string of the molecule is CS(=O)(=O)C(c1cc(Cl)ccc1Cl)C1CN(C(c2ccccc2)c2ccccc2)C1. The summed E-state index contributed by atoms with van der Waals surface area (Å²) in [6.45, 7) is 1.32. The van der Waals surface area contributed by atoms with Crippen LogP contribution >= 0.6 is 23.2 Å². The van der Waals surface area contributed by atoms with E-state index in [1.165, 1.54) is 17.4 Å². The van der Waals surface area contributed by atoms with Crippen molar-refractivity contribution in [2.75, 3.05) is 19.3 Å². The molecule has 1 atom stereocenters. The van der Waals surface area contributed by atoms with Crippen molar-refractivity contribution < 1.29 is 8.42 Å². The fourth-order valence-electron chi connectivity index (χ4n) is 4.40. The Bertz CT molecular complexity index is 1070. The molecule has 156 valence electrons. The minimum atomic E-state index is -3.37. The molecular weight excluding hydrogens is 437 g/mol. The van der Waals surface area contributed by atoms with E-state index in [-0.39, 0.29) is 12.0 Å². The second-order valence-corrected chi connectivity index (χ2v) is 10.9. The van der Waals surface area contributed by atoms with Gasteiger partial charge in [0.15, 0.2) is 9.84 Å². The van der Waals surface area contributed by atoms with Crippen LogP contribution in [0, 0.1) is 5.92 Å². The highest BCUT2D eigenvalue weighted by molar-refractivity contribution is 7.91. The standard InChI is InChI=1S/C24H23Cl2NO2S/c1-30(28,29)24(21-14-20(25)12-13-22(21)26)19-15-27(16-19)23(17-8-4-2-5-9-17)18-10-6-3-7-11-18/h2-14,19,23-24H,15-16H2,1H3. The Morgan fingerprint density at radius 3 is 1.90 bits per heavy atom. The smallest absolute Gasteiger partial charge is 0.154 e. The van der Waals surface area contributed by atoms with Crippen LogP contribution in [0.5, 0.6) is 0 Å². The van der Waals surface area contributed by atoms with Crippen LogP contribution in [0.3, 0.4) is 0 Å². The van der Waals surface area contributed by atoms with E-state index in [2.05, 4.69) is 29.2 Å². The Balaban J connectivity index is 1.64. The van der Waals surface area contributed by atoms with Gasteiger partial charge in [-0.25, -0.2) is 8.42 Å². The molecule has 3 nitrogen and oxygen atoms in total. The van der Waals surface area contributed by atoms with Crippen LogP contribution < -0.4 is 0 Å². The molecule has 0 amide bonds. The Morgan fingerprint density at radius 1 is 0.867 bits per heavy atom. The summed E-state index contributed by atoms with van der Waals surface area (Å²) in [5.41, 5.74) is 2.98. The van der Waals surface area contributed by atoms with E-state index < -0.39 is 15.1 Å². The summed E-state index contributed by atoms with van der Waals surface area (Å²) < 4.78 is 25.5. The zero-order valence-electron chi connectivity index (χ0n) is 16.6. The van der Waals surface area contributed by atoms with Crippen LogP contribution in [0.15, 0.2) is 78.9 Å². The van der Waals surface area contributed by atoms with E-state index in [0.29, 0.717) is 28.7 Å². The lowest BCUT2D eigenvalue weighted by Gasteiger charge is -2.47. The average molecular weight is 460 g/mol. The molecule has 3 aromatic rings. The largest absolute Gasteiger partial charge is 0.292 e. The van der Waals surface area contributed by atoms with Crippen molar-refractivity contribution in [2.45, 2.75) is 11.3 Å². The lowest BCUT2D eigenvalue weighted by molar-refractivity contribution is 0.0655. The molecule has 1 unspecified atom stereocenters. The van der Waals surface area contributed by atoms with E-state index in [0.717, 1.165) is 0 Å². The van der Waals surface area contributed by atoms with E-state index in [4.69, 9.17) is 23.2 Å². The topological polar surface area (TPSA) is 37.4 Å². The van der Waals surface area contributed by atoms with Gasteiger partial charge in [-0.2, -0.15) is 0 Å². The quantitative estimate of drug-likeness (QED) is 0.467. The van der Waals surface area contributed by atoms with Crippen LogP contribution in [0.25, 0.3) is 0 Å². The molecule has 0 saturated carbocycles. The maximum absolute atomic E-state index is 12.7. The number of sulfone groups is 1. The normalized spacial score (nSPS) is 16.4. The van der Waals surface area contributed by atoms with Crippen molar-refractivity contribution in [3.63, 3.8) is 0 Å². The Morgan fingerprint density at radius 2 is 1.40 bits per heavy atom. The number of hydrogen-bond acceptors (Lipinski definition) is 3. The Hall–Kier alpha value is -1.85. The minimum Gasteiger partial charge on any atom is -0.292 e. The highest BCUT2D eigenvalue weighted by atomic mass is 35.5. The summed E-state index contributed by atoms with van der Waals surface area (Å²) >= 11 is 12.5. The van der Waals surface area contributed by atoms with Gasteiger partial charge in [0.2, 0.25) is 0 Å². The molecular formula is C24H23Cl2NO2S. The van der Waals surface area contributed by atoms with Crippen molar-refractivity contribution in [2.24, 2.45) is 5.92 Å². The predicted molar refractivity (Wildman–Crippen MR) is 124 cm³/mol. The van der Waals surface area contributed by atoms with Crippen LogP contribution in [-0.2, 0) is 9.84 Å². The molecule has 1 aliphatic heterocycles. The van der Waals surface area contributed by atoms with Gasteiger partial charge in [0.1, 0.15) is 0 Å². The predicted octanol–water partition coefficient (Wildman–Crippen LogP) is 5.80. The first-order valence-corrected chi connectivity index (χ1v) is 12.5. The summed E-state index contributed by atoms with van der Waals surface area (Å²) in [4.78, 5) is 2.33. The number of likely N-dealkylation sites (tertiary alicyclic amines) is 1. The summed E-state index contributed by atoms with van der Waals surface area (Å²) in [5.74, 6) is -0.0501. The first-order valence-electron chi connectivity index (χ1n) is 9.82. The molecule has 1 saturated heterocycles. The van der Waals surface area contributed by atoms with Crippen molar-refractivity contribution >= 4 is 33.0 Å². The van der Waals surface area contributed by atoms with Gasteiger partial charge in [-0.15, -0.1) is 0 Å². The molecule has 3 aromatic carbocycles. The zero-order chi connectivity index (χ0) is 21.3. The third-order valence-corrected chi connectivity index (χ3v) is 7.83. The van der Waals surface area contributed by atoms with E-state index in [1.807, 2.05) is 36.4 Å². The molecule has 0 radical (unpaired) electrons. The lowest BCUT2D eigenvalue weighted by atomic mass is 9.86. The highest BCUT2D eigenvalue weighted by Crippen LogP contribution is 2.43. The molecule has 4 rings (SSSR count). The van der Waals surface area contributed by atoms with E-state index in [1.54, 1.807) is 18.2 Å². The summed E-state index contributed by atoms with van der Waals surface area (Å²) in [7, 11) is -3.37. The maximum Gasteiger partial charge on any atom is 0.154 e. The number of hydrogen-bond donors (Lipinski definition) is 0. The second kappa shape index (κ2) is 8.72. The molecule has 0 aromatic heterocycles. The van der Waals surface area contributed by atoms with Gasteiger partial charge < -0.3 is 0 Å². The fourth-order valence-corrected chi connectivity index (χ4v) is 6.41. The molecule has 30 heavy (non-hydrogen) atoms. The summed E-state index contributed by atoms with van der Waals surface area (Å²) in [5, 5.41) is 0.258. The van der Waals surface area contributed by atoms with Gasteiger partial charge in [0.05, 0.1) is 11.3 Å². The second-order valence-electron chi connectivity index (χ2n) is 7.85. The first kappa shape index (κ1) is 21.4. The molecule has 1 heterocycles. The Labute approximate surface area is 188 Å². The summed E-state index contributed by atoms with van der Waals surface area (Å²) in [6.07, 6.45) is 1.28. The highest BCUT2D eigenvalue weighted by Gasteiger charge is 2.43. The van der Waals surface area contributed by atoms with Crippen LogP contribution in [-0.4, -0.2) is 32.7 Å². The van der Waals surface area contributed by atoms with Gasteiger partial charge >= 0.3 is 0 Å². The molecule has 1 aliphatic rings. The molecule has 1 fully saturated rings. The maximum atomic E-state index is 12.7. The molecule has 6 heteroatoms. The van der Waals surface area contributed by atoms with Crippen LogP contribution in [0.2, 0.25) is 10.0 Å². The first-order chi connectivity index (χ1) is 14.3. The minimum absolute atomic E-state index is 0.0501. The number of nitrogens with zero attached hydrogens (tertiary/aromatic N) is 1. The molecule has 0 spiro atoms. The number of benzene rings is 3. The molecule has 0 bridgehead atoms. The monoisotopic (exact) mass is 459 g/mol. The summed E-state index contributed by atoms with van der Waals surface area (Å²) in [6, 6.07) is 25.7. The molecule has 0 aliphatic carbocycles. The zero-order valence-corrected chi connectivity index (χ0v) is 18.9. The van der Waals surface area contributed by atoms with E-state index >= 15 is 0 Å². The van der Waals surface area contributed by atoms with Gasteiger partial charge in [0.25, 0.3) is 0 Å². The fraction of sp³-hybridized carbons (Fsp3) is 0.250. The van der Waals surface area contributed by atoms with Crippen molar-refractivity contribution in [3.8, 4) is 0 Å². The van der Waals surface area contributed by atoms with Crippen LogP contribution in [0.4, 0.5) is 0 Å². The van der Waals surface area contributed by atoms with Gasteiger partial charge in [-0.1, -0.05) is 83.9 Å². The van der Waals surface area contributed by atoms with Crippen molar-refractivity contribution in [1.82, 2.24) is 4.90 Å². The van der Waals surface area contributed by atoms with Gasteiger partial charge in [0, 0.05) is 35.3 Å².